The van der Waals surface area contributed by atoms with E-state index in [4.69, 9.17) is 0 Å². The molecule has 0 atom stereocenters. The molecule has 0 aliphatic rings. The SMILES string of the molecule is Brc1ccc(CNc2cccc(I)c2)cc1Br. The van der Waals surface area contributed by atoms with Crippen molar-refractivity contribution in [3.63, 3.8) is 0 Å². The van der Waals surface area contributed by atoms with E-state index in [9.17, 15) is 0 Å². The van der Waals surface area contributed by atoms with Crippen LogP contribution < -0.4 is 5.32 Å². The molecule has 0 saturated heterocycles. The molecule has 0 aliphatic carbocycles. The summed E-state index contributed by atoms with van der Waals surface area (Å²) in [5, 5.41) is 3.41. The number of anilines is 1. The van der Waals surface area contributed by atoms with Gasteiger partial charge in [-0.05, 0) is 90.3 Å². The van der Waals surface area contributed by atoms with Crippen molar-refractivity contribution >= 4 is 60.1 Å². The average Bonchev–Trinajstić information content (AvgIpc) is 2.31. The number of hydrogen-bond acceptors (Lipinski definition) is 1. The van der Waals surface area contributed by atoms with Gasteiger partial charge in [-0.3, -0.25) is 0 Å². The van der Waals surface area contributed by atoms with Crippen molar-refractivity contribution in [2.75, 3.05) is 5.32 Å². The lowest BCUT2D eigenvalue weighted by atomic mass is 10.2. The maximum Gasteiger partial charge on any atom is 0.0401 e. The number of nitrogens with one attached hydrogen (secondary N) is 1. The summed E-state index contributed by atoms with van der Waals surface area (Å²) < 4.78 is 3.40. The minimum Gasteiger partial charge on any atom is -0.381 e. The molecule has 0 aromatic heterocycles. The van der Waals surface area contributed by atoms with Crippen LogP contribution in [0.15, 0.2) is 51.4 Å². The third-order valence-corrected chi connectivity index (χ3v) is 4.86. The molecule has 0 heterocycles. The van der Waals surface area contributed by atoms with Crippen LogP contribution in [0.3, 0.4) is 0 Å². The monoisotopic (exact) mass is 465 g/mol. The van der Waals surface area contributed by atoms with Crippen molar-refractivity contribution in [2.45, 2.75) is 6.54 Å². The molecule has 2 aromatic rings. The van der Waals surface area contributed by atoms with E-state index in [0.29, 0.717) is 0 Å². The van der Waals surface area contributed by atoms with Crippen LogP contribution in [-0.2, 0) is 6.54 Å². The fraction of sp³-hybridized carbons (Fsp3) is 0.0769. The van der Waals surface area contributed by atoms with Gasteiger partial charge in [0.25, 0.3) is 0 Å². The first-order valence-electron chi connectivity index (χ1n) is 5.08. The molecule has 2 aromatic carbocycles. The highest BCUT2D eigenvalue weighted by Crippen LogP contribution is 2.24. The maximum atomic E-state index is 3.51. The average molecular weight is 467 g/mol. The Hall–Kier alpha value is -0.0700. The van der Waals surface area contributed by atoms with Crippen molar-refractivity contribution in [1.29, 1.82) is 0 Å². The summed E-state index contributed by atoms with van der Waals surface area (Å²) >= 11 is 9.29. The zero-order valence-corrected chi connectivity index (χ0v) is 14.2. The van der Waals surface area contributed by atoms with Gasteiger partial charge in [0.1, 0.15) is 0 Å². The smallest absolute Gasteiger partial charge is 0.0401 e. The van der Waals surface area contributed by atoms with Crippen molar-refractivity contribution < 1.29 is 0 Å². The topological polar surface area (TPSA) is 12.0 Å². The predicted molar refractivity (Wildman–Crippen MR) is 88.3 cm³/mol. The van der Waals surface area contributed by atoms with Gasteiger partial charge >= 0.3 is 0 Å². The summed E-state index contributed by atoms with van der Waals surface area (Å²) in [4.78, 5) is 0. The molecule has 0 amide bonds. The van der Waals surface area contributed by atoms with E-state index in [2.05, 4.69) is 102 Å². The second kappa shape index (κ2) is 6.20. The number of halogens is 3. The molecule has 0 aliphatic heterocycles. The Bertz CT molecular complexity index is 529. The van der Waals surface area contributed by atoms with Gasteiger partial charge in [-0.2, -0.15) is 0 Å². The molecule has 2 rings (SSSR count). The van der Waals surface area contributed by atoms with Crippen LogP contribution >= 0.6 is 54.5 Å². The molecule has 0 radical (unpaired) electrons. The van der Waals surface area contributed by atoms with Gasteiger partial charge in [-0.25, -0.2) is 0 Å². The van der Waals surface area contributed by atoms with Crippen LogP contribution in [0.5, 0.6) is 0 Å². The summed E-state index contributed by atoms with van der Waals surface area (Å²) in [5.74, 6) is 0. The molecule has 4 heteroatoms. The quantitative estimate of drug-likeness (QED) is 0.595. The minimum atomic E-state index is 0.825. The molecule has 0 saturated carbocycles. The number of rotatable bonds is 3. The predicted octanol–water partition coefficient (Wildman–Crippen LogP) is 5.43. The highest BCUT2D eigenvalue weighted by atomic mass is 127. The lowest BCUT2D eigenvalue weighted by molar-refractivity contribution is 1.14. The van der Waals surface area contributed by atoms with Crippen molar-refractivity contribution in [3.8, 4) is 0 Å². The first-order chi connectivity index (χ1) is 8.15. The van der Waals surface area contributed by atoms with E-state index in [-0.39, 0.29) is 0 Å². The molecule has 17 heavy (non-hydrogen) atoms. The highest BCUT2D eigenvalue weighted by molar-refractivity contribution is 14.1. The van der Waals surface area contributed by atoms with Crippen molar-refractivity contribution in [3.05, 3.63) is 60.5 Å². The Kier molecular flexibility index (Phi) is 4.87. The fourth-order valence-electron chi connectivity index (χ4n) is 1.45. The third-order valence-electron chi connectivity index (χ3n) is 2.31. The summed E-state index contributed by atoms with van der Waals surface area (Å²) in [7, 11) is 0. The maximum absolute atomic E-state index is 3.51. The van der Waals surface area contributed by atoms with Gasteiger partial charge in [0, 0.05) is 24.7 Å². The van der Waals surface area contributed by atoms with Crippen LogP contribution in [0.25, 0.3) is 0 Å². The summed E-state index contributed by atoms with van der Waals surface area (Å²) in [5.41, 5.74) is 2.40. The van der Waals surface area contributed by atoms with Crippen LogP contribution in [0, 0.1) is 3.57 Å². The highest BCUT2D eigenvalue weighted by Gasteiger charge is 1.99. The van der Waals surface area contributed by atoms with Gasteiger partial charge in [-0.15, -0.1) is 0 Å². The second-order valence-corrected chi connectivity index (χ2v) is 6.57. The Balaban J connectivity index is 2.05. The largest absolute Gasteiger partial charge is 0.381 e. The fourth-order valence-corrected chi connectivity index (χ4v) is 2.67. The summed E-state index contributed by atoms with van der Waals surface area (Å²) in [6, 6.07) is 14.6. The number of benzene rings is 2. The van der Waals surface area contributed by atoms with Crippen LogP contribution in [0.1, 0.15) is 5.56 Å². The molecule has 1 nitrogen and oxygen atoms in total. The molecule has 0 spiro atoms. The molecule has 0 bridgehead atoms. The Morgan fingerprint density at radius 2 is 1.82 bits per heavy atom. The van der Waals surface area contributed by atoms with Crippen molar-refractivity contribution in [2.24, 2.45) is 0 Å². The van der Waals surface area contributed by atoms with E-state index in [1.165, 1.54) is 9.13 Å². The van der Waals surface area contributed by atoms with E-state index < -0.39 is 0 Å². The molecule has 88 valence electrons. The lowest BCUT2D eigenvalue weighted by Gasteiger charge is -2.08. The Labute approximate surface area is 131 Å². The molecular weight excluding hydrogens is 457 g/mol. The van der Waals surface area contributed by atoms with E-state index >= 15 is 0 Å². The van der Waals surface area contributed by atoms with Gasteiger partial charge in [0.05, 0.1) is 0 Å². The Morgan fingerprint density at radius 1 is 1.00 bits per heavy atom. The summed E-state index contributed by atoms with van der Waals surface area (Å²) in [6.45, 7) is 0.825. The van der Waals surface area contributed by atoms with Gasteiger partial charge in [0.2, 0.25) is 0 Å². The van der Waals surface area contributed by atoms with Crippen LogP contribution in [0.2, 0.25) is 0 Å². The second-order valence-electron chi connectivity index (χ2n) is 3.61. The molecular formula is C13H10Br2IN. The van der Waals surface area contributed by atoms with Crippen LogP contribution in [0.4, 0.5) is 5.69 Å². The lowest BCUT2D eigenvalue weighted by Crippen LogP contribution is -1.99. The number of hydrogen-bond donors (Lipinski definition) is 1. The zero-order valence-electron chi connectivity index (χ0n) is 8.88. The first-order valence-corrected chi connectivity index (χ1v) is 7.75. The van der Waals surface area contributed by atoms with Crippen LogP contribution in [-0.4, -0.2) is 0 Å². The molecule has 0 fully saturated rings. The normalized spacial score (nSPS) is 10.3. The van der Waals surface area contributed by atoms with E-state index in [0.717, 1.165) is 21.2 Å². The van der Waals surface area contributed by atoms with E-state index in [1.54, 1.807) is 0 Å². The summed E-state index contributed by atoms with van der Waals surface area (Å²) in [6.07, 6.45) is 0. The van der Waals surface area contributed by atoms with Gasteiger partial charge < -0.3 is 5.32 Å². The van der Waals surface area contributed by atoms with Gasteiger partial charge in [0.15, 0.2) is 0 Å². The first kappa shape index (κ1) is 13.4. The zero-order chi connectivity index (χ0) is 12.3. The molecule has 1 N–H and O–H groups in total. The Morgan fingerprint density at radius 3 is 2.53 bits per heavy atom. The molecule has 0 unspecified atom stereocenters. The third kappa shape index (κ3) is 3.96. The van der Waals surface area contributed by atoms with Crippen molar-refractivity contribution in [1.82, 2.24) is 0 Å². The minimum absolute atomic E-state index is 0.825. The van der Waals surface area contributed by atoms with Gasteiger partial charge in [-0.1, -0.05) is 12.1 Å². The standard InChI is InChI=1S/C13H10Br2IN/c14-12-5-4-9(6-13(12)15)8-17-11-3-1-2-10(16)7-11/h1-7,17H,8H2. The van der Waals surface area contributed by atoms with E-state index in [1.807, 2.05) is 0 Å².